The summed E-state index contributed by atoms with van der Waals surface area (Å²) in [6.45, 7) is 0.179. The Morgan fingerprint density at radius 2 is 1.52 bits per heavy atom. The van der Waals surface area contributed by atoms with E-state index in [0.717, 1.165) is 5.56 Å². The van der Waals surface area contributed by atoms with E-state index in [2.05, 4.69) is 10.6 Å². The third-order valence-electron chi connectivity index (χ3n) is 3.46. The molecule has 0 aliphatic carbocycles. The van der Waals surface area contributed by atoms with E-state index in [4.69, 9.17) is 14.2 Å². The third-order valence-corrected chi connectivity index (χ3v) is 3.46. The van der Waals surface area contributed by atoms with Gasteiger partial charge in [-0.2, -0.15) is 0 Å². The van der Waals surface area contributed by atoms with Gasteiger partial charge >= 0.3 is 11.8 Å². The quantitative estimate of drug-likeness (QED) is 0.783. The van der Waals surface area contributed by atoms with Crippen LogP contribution in [-0.2, 0) is 16.1 Å². The van der Waals surface area contributed by atoms with Crippen molar-refractivity contribution in [3.05, 3.63) is 48.0 Å². The van der Waals surface area contributed by atoms with Gasteiger partial charge in [0.2, 0.25) is 0 Å². The molecule has 0 atom stereocenters. The molecule has 0 saturated heterocycles. The minimum atomic E-state index is -0.773. The van der Waals surface area contributed by atoms with Gasteiger partial charge in [-0.15, -0.1) is 0 Å². The lowest BCUT2D eigenvalue weighted by Gasteiger charge is -2.11. The molecule has 7 heteroatoms. The fraction of sp³-hybridized carbons (Fsp3) is 0.222. The summed E-state index contributed by atoms with van der Waals surface area (Å²) in [5, 5.41) is 5.07. The summed E-state index contributed by atoms with van der Waals surface area (Å²) >= 11 is 0. The van der Waals surface area contributed by atoms with Crippen molar-refractivity contribution in [2.45, 2.75) is 6.54 Å². The number of benzene rings is 2. The van der Waals surface area contributed by atoms with Gasteiger partial charge < -0.3 is 24.8 Å². The second-order valence-electron chi connectivity index (χ2n) is 5.03. The highest BCUT2D eigenvalue weighted by atomic mass is 16.5. The highest BCUT2D eigenvalue weighted by molar-refractivity contribution is 6.39. The van der Waals surface area contributed by atoms with Crippen LogP contribution in [0.5, 0.6) is 17.2 Å². The van der Waals surface area contributed by atoms with Gasteiger partial charge in [-0.25, -0.2) is 0 Å². The Morgan fingerprint density at radius 1 is 0.840 bits per heavy atom. The zero-order chi connectivity index (χ0) is 18.2. The fourth-order valence-corrected chi connectivity index (χ4v) is 2.18. The SMILES string of the molecule is COc1ccccc1NC(=O)C(=O)NCc1ccc(OC)c(OC)c1. The summed E-state index contributed by atoms with van der Waals surface area (Å²) < 4.78 is 15.5. The average Bonchev–Trinajstić information content (AvgIpc) is 2.66. The molecule has 0 radical (unpaired) electrons. The van der Waals surface area contributed by atoms with Gasteiger partial charge in [-0.3, -0.25) is 9.59 Å². The predicted molar refractivity (Wildman–Crippen MR) is 93.0 cm³/mol. The highest BCUT2D eigenvalue weighted by Crippen LogP contribution is 2.27. The van der Waals surface area contributed by atoms with E-state index < -0.39 is 11.8 Å². The number of anilines is 1. The number of methoxy groups -OCH3 is 3. The molecule has 25 heavy (non-hydrogen) atoms. The lowest BCUT2D eigenvalue weighted by Crippen LogP contribution is -2.35. The molecule has 0 unspecified atom stereocenters. The topological polar surface area (TPSA) is 85.9 Å². The van der Waals surface area contributed by atoms with Crippen LogP contribution in [-0.4, -0.2) is 33.1 Å². The number of hydrogen-bond donors (Lipinski definition) is 2. The number of carbonyl (C=O) groups is 2. The van der Waals surface area contributed by atoms with Gasteiger partial charge in [0.25, 0.3) is 0 Å². The molecule has 0 saturated carbocycles. The van der Waals surface area contributed by atoms with Crippen molar-refractivity contribution >= 4 is 17.5 Å². The summed E-state index contributed by atoms with van der Waals surface area (Å²) in [7, 11) is 4.56. The molecule has 2 aromatic rings. The normalized spacial score (nSPS) is 9.88. The van der Waals surface area contributed by atoms with Crippen molar-refractivity contribution in [1.29, 1.82) is 0 Å². The molecular formula is C18H20N2O5. The monoisotopic (exact) mass is 344 g/mol. The van der Waals surface area contributed by atoms with Gasteiger partial charge in [0, 0.05) is 6.54 Å². The molecule has 0 bridgehead atoms. The zero-order valence-electron chi connectivity index (χ0n) is 14.3. The van der Waals surface area contributed by atoms with Gasteiger partial charge in [0.15, 0.2) is 11.5 Å². The fourth-order valence-electron chi connectivity index (χ4n) is 2.18. The molecule has 0 aliphatic heterocycles. The minimum absolute atomic E-state index is 0.179. The molecule has 2 amide bonds. The number of ether oxygens (including phenoxy) is 3. The Balaban J connectivity index is 1.96. The van der Waals surface area contributed by atoms with Crippen molar-refractivity contribution in [3.63, 3.8) is 0 Å². The standard InChI is InChI=1S/C18H20N2O5/c1-23-14-7-5-4-6-13(14)20-18(22)17(21)19-11-12-8-9-15(24-2)16(10-12)25-3/h4-10H,11H2,1-3H3,(H,19,21)(H,20,22). The Hall–Kier alpha value is -3.22. The summed E-state index contributed by atoms with van der Waals surface area (Å²) in [4.78, 5) is 24.0. The molecule has 2 aromatic carbocycles. The lowest BCUT2D eigenvalue weighted by molar-refractivity contribution is -0.136. The number of nitrogens with one attached hydrogen (secondary N) is 2. The van der Waals surface area contributed by atoms with Crippen LogP contribution in [0.25, 0.3) is 0 Å². The number of rotatable bonds is 6. The first-order valence-electron chi connectivity index (χ1n) is 7.52. The first kappa shape index (κ1) is 18.1. The van der Waals surface area contributed by atoms with Crippen LogP contribution >= 0.6 is 0 Å². The van der Waals surface area contributed by atoms with Crippen molar-refractivity contribution in [1.82, 2.24) is 5.32 Å². The molecular weight excluding hydrogens is 324 g/mol. The Morgan fingerprint density at radius 3 is 2.20 bits per heavy atom. The van der Waals surface area contributed by atoms with Crippen LogP contribution in [0.3, 0.4) is 0 Å². The summed E-state index contributed by atoms with van der Waals surface area (Å²) in [6, 6.07) is 12.1. The van der Waals surface area contributed by atoms with E-state index in [1.165, 1.54) is 14.2 Å². The Labute approximate surface area is 145 Å². The maximum atomic E-state index is 12.0. The zero-order valence-corrected chi connectivity index (χ0v) is 14.3. The molecule has 0 fully saturated rings. The average molecular weight is 344 g/mol. The van der Waals surface area contributed by atoms with Crippen molar-refractivity contribution in [3.8, 4) is 17.2 Å². The van der Waals surface area contributed by atoms with E-state index in [0.29, 0.717) is 22.9 Å². The minimum Gasteiger partial charge on any atom is -0.495 e. The molecule has 7 nitrogen and oxygen atoms in total. The molecule has 0 aromatic heterocycles. The first-order valence-corrected chi connectivity index (χ1v) is 7.52. The molecule has 2 N–H and O–H groups in total. The molecule has 0 heterocycles. The second-order valence-corrected chi connectivity index (χ2v) is 5.03. The summed E-state index contributed by atoms with van der Waals surface area (Å²) in [5.74, 6) is 0.0911. The molecule has 0 spiro atoms. The summed E-state index contributed by atoms with van der Waals surface area (Å²) in [6.07, 6.45) is 0. The predicted octanol–water partition coefficient (Wildman–Crippen LogP) is 1.97. The van der Waals surface area contributed by atoms with Crippen molar-refractivity contribution < 1.29 is 23.8 Å². The van der Waals surface area contributed by atoms with Gasteiger partial charge in [-0.05, 0) is 29.8 Å². The molecule has 2 rings (SSSR count). The van der Waals surface area contributed by atoms with E-state index in [1.54, 1.807) is 49.6 Å². The highest BCUT2D eigenvalue weighted by Gasteiger charge is 2.15. The Kier molecular flexibility index (Phi) is 6.22. The number of hydrogen-bond acceptors (Lipinski definition) is 5. The second kappa shape index (κ2) is 8.58. The van der Waals surface area contributed by atoms with E-state index in [-0.39, 0.29) is 6.54 Å². The van der Waals surface area contributed by atoms with Gasteiger partial charge in [0.05, 0.1) is 27.0 Å². The maximum Gasteiger partial charge on any atom is 0.313 e. The van der Waals surface area contributed by atoms with Crippen molar-refractivity contribution in [2.75, 3.05) is 26.6 Å². The number of carbonyl (C=O) groups excluding carboxylic acids is 2. The number of para-hydroxylation sites is 2. The van der Waals surface area contributed by atoms with Crippen molar-refractivity contribution in [2.24, 2.45) is 0 Å². The smallest absolute Gasteiger partial charge is 0.313 e. The third kappa shape index (κ3) is 4.63. The number of amides is 2. The maximum absolute atomic E-state index is 12.0. The van der Waals surface area contributed by atoms with Gasteiger partial charge in [-0.1, -0.05) is 18.2 Å². The van der Waals surface area contributed by atoms with Crippen LogP contribution in [0.2, 0.25) is 0 Å². The van der Waals surface area contributed by atoms with Crippen LogP contribution < -0.4 is 24.8 Å². The largest absolute Gasteiger partial charge is 0.495 e. The summed E-state index contributed by atoms with van der Waals surface area (Å²) in [5.41, 5.74) is 1.20. The Bertz CT molecular complexity index is 761. The van der Waals surface area contributed by atoms with E-state index in [1.807, 2.05) is 0 Å². The van der Waals surface area contributed by atoms with E-state index >= 15 is 0 Å². The lowest BCUT2D eigenvalue weighted by atomic mass is 10.2. The first-order chi connectivity index (χ1) is 12.1. The molecule has 132 valence electrons. The molecule has 0 aliphatic rings. The van der Waals surface area contributed by atoms with Crippen LogP contribution in [0.15, 0.2) is 42.5 Å². The van der Waals surface area contributed by atoms with Crippen LogP contribution in [0.1, 0.15) is 5.56 Å². The van der Waals surface area contributed by atoms with Crippen LogP contribution in [0.4, 0.5) is 5.69 Å². The van der Waals surface area contributed by atoms with Gasteiger partial charge in [0.1, 0.15) is 5.75 Å². The van der Waals surface area contributed by atoms with E-state index in [9.17, 15) is 9.59 Å². The van der Waals surface area contributed by atoms with Crippen LogP contribution in [0, 0.1) is 0 Å².